The predicted molar refractivity (Wildman–Crippen MR) is 136 cm³/mol. The van der Waals surface area contributed by atoms with Crippen molar-refractivity contribution < 1.29 is 17.9 Å². The molecule has 3 aliphatic heterocycles. The molecule has 200 valence electrons. The maximum atomic E-state index is 14.2. The molecule has 1 spiro atoms. The molecule has 7 nitrogen and oxygen atoms in total. The van der Waals surface area contributed by atoms with Crippen molar-refractivity contribution in [1.82, 2.24) is 24.6 Å². The average Bonchev–Trinajstić information content (AvgIpc) is 3.05. The molecule has 3 fully saturated rings. The largest absolute Gasteiger partial charge is 0.411 e. The molecule has 0 radical (unpaired) electrons. The van der Waals surface area contributed by atoms with E-state index in [4.69, 9.17) is 21.3 Å². The molecule has 1 aliphatic carbocycles. The van der Waals surface area contributed by atoms with Crippen LogP contribution in [0.2, 0.25) is 5.02 Å². The number of anilines is 1. The Kier molecular flexibility index (Phi) is 5.23. The second-order valence-electron chi connectivity index (χ2n) is 11.6. The van der Waals surface area contributed by atoms with E-state index in [1.165, 1.54) is 10.5 Å². The number of halogens is 4. The van der Waals surface area contributed by atoms with Gasteiger partial charge in [-0.2, -0.15) is 13.2 Å². The Bertz CT molecular complexity index is 1400. The Morgan fingerprint density at radius 2 is 1.79 bits per heavy atom. The zero-order chi connectivity index (χ0) is 26.4. The highest BCUT2D eigenvalue weighted by Crippen LogP contribution is 2.57. The zero-order valence-electron chi connectivity index (χ0n) is 21.2. The van der Waals surface area contributed by atoms with Crippen molar-refractivity contribution in [3.63, 3.8) is 0 Å². The third-order valence-corrected chi connectivity index (χ3v) is 8.97. The molecule has 0 bridgehead atoms. The van der Waals surface area contributed by atoms with Crippen LogP contribution in [0.4, 0.5) is 19.0 Å². The normalized spacial score (nSPS) is 22.2. The lowest BCUT2D eigenvalue weighted by Crippen LogP contribution is -2.69. The number of alkyl halides is 3. The van der Waals surface area contributed by atoms with Gasteiger partial charge in [-0.3, -0.25) is 9.47 Å². The minimum absolute atomic E-state index is 0.0339. The van der Waals surface area contributed by atoms with Gasteiger partial charge in [0.05, 0.1) is 25.4 Å². The molecule has 7 rings (SSSR count). The van der Waals surface area contributed by atoms with Crippen LogP contribution in [0.15, 0.2) is 30.3 Å². The minimum atomic E-state index is -4.43. The summed E-state index contributed by atoms with van der Waals surface area (Å²) in [6.45, 7) is 5.38. The van der Waals surface area contributed by atoms with Gasteiger partial charge in [0.25, 0.3) is 0 Å². The monoisotopic (exact) mass is 544 g/mol. The van der Waals surface area contributed by atoms with Crippen LogP contribution in [-0.2, 0) is 17.8 Å². The molecule has 0 unspecified atom stereocenters. The van der Waals surface area contributed by atoms with Gasteiger partial charge in [0.15, 0.2) is 11.4 Å². The fourth-order valence-corrected chi connectivity index (χ4v) is 6.94. The van der Waals surface area contributed by atoms with E-state index < -0.39 is 11.7 Å². The lowest BCUT2D eigenvalue weighted by atomic mass is 9.57. The highest BCUT2D eigenvalue weighted by Gasteiger charge is 2.64. The summed E-state index contributed by atoms with van der Waals surface area (Å²) in [5, 5.41) is 9.46. The molecular weight excluding hydrogens is 517 g/mol. The molecule has 0 N–H and O–H groups in total. The molecule has 1 saturated carbocycles. The second kappa shape index (κ2) is 8.16. The van der Waals surface area contributed by atoms with Crippen LogP contribution in [0.3, 0.4) is 0 Å². The Labute approximate surface area is 223 Å². The number of pyridine rings is 1. The van der Waals surface area contributed by atoms with Crippen LogP contribution in [0.1, 0.15) is 47.2 Å². The van der Waals surface area contributed by atoms with Crippen molar-refractivity contribution in [1.29, 1.82) is 0 Å². The van der Waals surface area contributed by atoms with Gasteiger partial charge in [-0.05, 0) is 68.1 Å². The summed E-state index contributed by atoms with van der Waals surface area (Å²) in [6.07, 6.45) is -2.48. The van der Waals surface area contributed by atoms with E-state index >= 15 is 0 Å². The Morgan fingerprint density at radius 1 is 1.03 bits per heavy atom. The zero-order valence-corrected chi connectivity index (χ0v) is 22.0. The van der Waals surface area contributed by atoms with Gasteiger partial charge in [0, 0.05) is 41.7 Å². The van der Waals surface area contributed by atoms with Gasteiger partial charge < -0.3 is 9.64 Å². The molecule has 2 aromatic heterocycles. The van der Waals surface area contributed by atoms with Crippen LogP contribution in [0.5, 0.6) is 0 Å². The summed E-state index contributed by atoms with van der Waals surface area (Å²) in [5.74, 6) is 2.57. The molecule has 38 heavy (non-hydrogen) atoms. The van der Waals surface area contributed by atoms with Crippen molar-refractivity contribution in [3.05, 3.63) is 63.8 Å². The quantitative estimate of drug-likeness (QED) is 0.464. The minimum Gasteiger partial charge on any atom is -0.377 e. The predicted octanol–water partition coefficient (Wildman–Crippen LogP) is 4.96. The first kappa shape index (κ1) is 24.4. The third-order valence-electron chi connectivity index (χ3n) is 8.73. The number of ether oxygens (including phenoxy) is 1. The summed E-state index contributed by atoms with van der Waals surface area (Å²) in [4.78, 5) is 8.46. The highest BCUT2D eigenvalue weighted by molar-refractivity contribution is 6.30. The summed E-state index contributed by atoms with van der Waals surface area (Å²) < 4.78 is 49.8. The van der Waals surface area contributed by atoms with E-state index in [-0.39, 0.29) is 37.6 Å². The molecule has 3 aromatic rings. The number of hydrogen-bond donors (Lipinski definition) is 0. The van der Waals surface area contributed by atoms with E-state index in [0.29, 0.717) is 10.8 Å². The molecule has 0 atom stereocenters. The molecule has 2 saturated heterocycles. The van der Waals surface area contributed by atoms with Crippen molar-refractivity contribution in [2.45, 2.75) is 57.4 Å². The summed E-state index contributed by atoms with van der Waals surface area (Å²) >= 11 is 6.30. The van der Waals surface area contributed by atoms with Crippen molar-refractivity contribution in [3.8, 4) is 5.69 Å². The van der Waals surface area contributed by atoms with Gasteiger partial charge in [0.2, 0.25) is 0 Å². The number of fused-ring (bicyclic) bond motifs is 3. The Morgan fingerprint density at radius 3 is 2.45 bits per heavy atom. The van der Waals surface area contributed by atoms with Gasteiger partial charge in [0.1, 0.15) is 11.6 Å². The Hall–Kier alpha value is -2.69. The summed E-state index contributed by atoms with van der Waals surface area (Å²) in [5.41, 5.74) is 1.95. The van der Waals surface area contributed by atoms with E-state index in [9.17, 15) is 13.2 Å². The second-order valence-corrected chi connectivity index (χ2v) is 12.0. The highest BCUT2D eigenvalue weighted by atomic mass is 35.5. The number of hydrogen-bond acceptors (Lipinski definition) is 6. The van der Waals surface area contributed by atoms with Crippen LogP contribution < -0.4 is 4.90 Å². The SMILES string of the molecule is Cc1cc(C)nc(N2CC3(CC(c4nnc5n4-c4ccc(Cl)cc4CN(C4(C(F)(F)F)COC4)C5)C3)C2)c1. The lowest BCUT2D eigenvalue weighted by Gasteiger charge is -2.59. The maximum absolute atomic E-state index is 14.2. The van der Waals surface area contributed by atoms with Crippen LogP contribution in [0.25, 0.3) is 5.69 Å². The van der Waals surface area contributed by atoms with E-state index in [1.54, 1.807) is 12.1 Å². The van der Waals surface area contributed by atoms with Crippen LogP contribution in [0, 0.1) is 19.3 Å². The fraction of sp³-hybridized carbons (Fsp3) is 0.519. The summed E-state index contributed by atoms with van der Waals surface area (Å²) in [6, 6.07) is 9.62. The topological polar surface area (TPSA) is 59.3 Å². The molecule has 4 aliphatic rings. The smallest absolute Gasteiger partial charge is 0.377 e. The number of rotatable bonds is 3. The third kappa shape index (κ3) is 3.60. The molecule has 1 aromatic carbocycles. The number of aryl methyl sites for hydroxylation is 2. The number of benzene rings is 1. The van der Waals surface area contributed by atoms with Crippen molar-refractivity contribution >= 4 is 17.4 Å². The number of nitrogens with zero attached hydrogens (tertiary/aromatic N) is 6. The maximum Gasteiger partial charge on any atom is 0.411 e. The van der Waals surface area contributed by atoms with Crippen molar-refractivity contribution in [2.75, 3.05) is 31.2 Å². The lowest BCUT2D eigenvalue weighted by molar-refractivity contribution is -0.310. The Balaban J connectivity index is 1.16. The van der Waals surface area contributed by atoms with E-state index in [0.717, 1.165) is 54.5 Å². The summed E-state index contributed by atoms with van der Waals surface area (Å²) in [7, 11) is 0. The van der Waals surface area contributed by atoms with Gasteiger partial charge in [-0.15, -0.1) is 10.2 Å². The standard InChI is InChI=1S/C27H28ClF3N6O/c1-16-5-17(2)32-22(6-16)35-12-25(13-35)8-19(9-25)24-34-33-23-11-36(26(14-38-15-26)27(29,30)31)10-18-7-20(28)3-4-21(18)37(23)24/h3-7,19H,8-15H2,1-2H3. The molecular formula is C27H28ClF3N6O. The molecule has 5 heterocycles. The van der Waals surface area contributed by atoms with Crippen LogP contribution >= 0.6 is 11.6 Å². The van der Waals surface area contributed by atoms with Gasteiger partial charge in [-0.1, -0.05) is 11.6 Å². The van der Waals surface area contributed by atoms with Gasteiger partial charge in [-0.25, -0.2) is 4.98 Å². The molecule has 0 amide bonds. The first-order chi connectivity index (χ1) is 18.1. The first-order valence-electron chi connectivity index (χ1n) is 12.9. The van der Waals surface area contributed by atoms with Crippen molar-refractivity contribution in [2.24, 2.45) is 5.41 Å². The first-order valence-corrected chi connectivity index (χ1v) is 13.3. The fourth-order valence-electron chi connectivity index (χ4n) is 6.75. The molecule has 11 heteroatoms. The number of aromatic nitrogens is 4. The van der Waals surface area contributed by atoms with E-state index in [2.05, 4.69) is 34.2 Å². The van der Waals surface area contributed by atoms with Crippen LogP contribution in [-0.4, -0.2) is 62.7 Å². The van der Waals surface area contributed by atoms with Gasteiger partial charge >= 0.3 is 6.18 Å². The van der Waals surface area contributed by atoms with E-state index in [1.807, 2.05) is 17.6 Å². The average molecular weight is 545 g/mol.